The number of benzene rings is 2. The standard InChI is InChI=1S/C18H21FN2/c1-13-5-7-16(19)11-17(13)20-12-14-6-8-18-15(10-14)4-3-9-21(18)2/h5-8,10-11,20H,3-4,9,12H2,1-2H3. The summed E-state index contributed by atoms with van der Waals surface area (Å²) in [7, 11) is 2.14. The zero-order chi connectivity index (χ0) is 14.8. The van der Waals surface area contributed by atoms with Gasteiger partial charge >= 0.3 is 0 Å². The molecule has 110 valence electrons. The highest BCUT2D eigenvalue weighted by molar-refractivity contribution is 5.57. The van der Waals surface area contributed by atoms with Crippen LogP contribution in [0.1, 0.15) is 23.1 Å². The summed E-state index contributed by atoms with van der Waals surface area (Å²) in [5.74, 6) is -0.199. The first kappa shape index (κ1) is 13.9. The van der Waals surface area contributed by atoms with Gasteiger partial charge in [-0.05, 0) is 54.7 Å². The fourth-order valence-corrected chi connectivity index (χ4v) is 2.93. The summed E-state index contributed by atoms with van der Waals surface area (Å²) in [6.07, 6.45) is 2.36. The van der Waals surface area contributed by atoms with E-state index < -0.39 is 0 Å². The van der Waals surface area contributed by atoms with Gasteiger partial charge in [0.1, 0.15) is 5.82 Å². The predicted octanol–water partition coefficient (Wildman–Crippen LogP) is 4.13. The molecule has 21 heavy (non-hydrogen) atoms. The number of rotatable bonds is 3. The van der Waals surface area contributed by atoms with Gasteiger partial charge in [0.15, 0.2) is 0 Å². The van der Waals surface area contributed by atoms with Crippen LogP contribution >= 0.6 is 0 Å². The van der Waals surface area contributed by atoms with Crippen molar-refractivity contribution in [2.24, 2.45) is 0 Å². The smallest absolute Gasteiger partial charge is 0.125 e. The zero-order valence-electron chi connectivity index (χ0n) is 12.6. The molecule has 3 rings (SSSR count). The van der Waals surface area contributed by atoms with Crippen LogP contribution in [0.2, 0.25) is 0 Å². The topological polar surface area (TPSA) is 15.3 Å². The van der Waals surface area contributed by atoms with Crippen molar-refractivity contribution in [3.63, 3.8) is 0 Å². The Morgan fingerprint density at radius 2 is 2.05 bits per heavy atom. The summed E-state index contributed by atoms with van der Waals surface area (Å²) in [6, 6.07) is 11.5. The third kappa shape index (κ3) is 3.02. The Kier molecular flexibility index (Phi) is 3.82. The quantitative estimate of drug-likeness (QED) is 0.911. The lowest BCUT2D eigenvalue weighted by atomic mass is 9.99. The van der Waals surface area contributed by atoms with Crippen molar-refractivity contribution in [1.29, 1.82) is 0 Å². The zero-order valence-corrected chi connectivity index (χ0v) is 12.6. The summed E-state index contributed by atoms with van der Waals surface area (Å²) >= 11 is 0. The molecule has 1 heterocycles. The van der Waals surface area contributed by atoms with Crippen molar-refractivity contribution in [2.45, 2.75) is 26.3 Å². The maximum atomic E-state index is 13.3. The van der Waals surface area contributed by atoms with E-state index in [9.17, 15) is 4.39 Å². The van der Waals surface area contributed by atoms with Crippen LogP contribution in [0.25, 0.3) is 0 Å². The molecule has 0 saturated heterocycles. The monoisotopic (exact) mass is 284 g/mol. The van der Waals surface area contributed by atoms with Crippen molar-refractivity contribution < 1.29 is 4.39 Å². The van der Waals surface area contributed by atoms with Crippen molar-refractivity contribution in [3.05, 3.63) is 58.9 Å². The van der Waals surface area contributed by atoms with Crippen LogP contribution in [0.15, 0.2) is 36.4 Å². The molecule has 3 heteroatoms. The normalized spacial score (nSPS) is 14.0. The number of nitrogens with one attached hydrogen (secondary N) is 1. The molecule has 1 aliphatic heterocycles. The van der Waals surface area contributed by atoms with Crippen molar-refractivity contribution in [2.75, 3.05) is 23.8 Å². The number of aryl methyl sites for hydroxylation is 2. The molecule has 2 aromatic rings. The van der Waals surface area contributed by atoms with E-state index in [0.717, 1.165) is 30.8 Å². The van der Waals surface area contributed by atoms with Gasteiger partial charge in [-0.2, -0.15) is 0 Å². The van der Waals surface area contributed by atoms with Crippen LogP contribution < -0.4 is 10.2 Å². The molecule has 0 spiro atoms. The summed E-state index contributed by atoms with van der Waals surface area (Å²) in [6.45, 7) is 3.85. The molecule has 0 fully saturated rings. The van der Waals surface area contributed by atoms with E-state index in [4.69, 9.17) is 0 Å². The molecule has 0 unspecified atom stereocenters. The highest BCUT2D eigenvalue weighted by atomic mass is 19.1. The molecule has 0 aliphatic carbocycles. The molecule has 0 atom stereocenters. The maximum absolute atomic E-state index is 13.3. The van der Waals surface area contributed by atoms with Gasteiger partial charge in [-0.15, -0.1) is 0 Å². The lowest BCUT2D eigenvalue weighted by Gasteiger charge is -2.28. The van der Waals surface area contributed by atoms with Crippen LogP contribution in [0, 0.1) is 12.7 Å². The second-order valence-electron chi connectivity index (χ2n) is 5.80. The van der Waals surface area contributed by atoms with Crippen LogP contribution in [-0.2, 0) is 13.0 Å². The van der Waals surface area contributed by atoms with Gasteiger partial charge < -0.3 is 10.2 Å². The predicted molar refractivity (Wildman–Crippen MR) is 86.5 cm³/mol. The average Bonchev–Trinajstić information content (AvgIpc) is 2.48. The highest BCUT2D eigenvalue weighted by Gasteiger charge is 2.13. The van der Waals surface area contributed by atoms with Gasteiger partial charge in [-0.1, -0.05) is 18.2 Å². The SMILES string of the molecule is Cc1ccc(F)cc1NCc1ccc2c(c1)CCCN2C. The number of nitrogens with zero attached hydrogens (tertiary/aromatic N) is 1. The van der Waals surface area contributed by atoms with E-state index in [0.29, 0.717) is 0 Å². The van der Waals surface area contributed by atoms with E-state index >= 15 is 0 Å². The van der Waals surface area contributed by atoms with Crippen molar-refractivity contribution in [3.8, 4) is 0 Å². The van der Waals surface area contributed by atoms with Crippen LogP contribution in [0.5, 0.6) is 0 Å². The fraction of sp³-hybridized carbons (Fsp3) is 0.333. The molecule has 0 amide bonds. The first-order valence-corrected chi connectivity index (χ1v) is 7.46. The Morgan fingerprint density at radius 1 is 1.19 bits per heavy atom. The van der Waals surface area contributed by atoms with Gasteiger partial charge in [-0.3, -0.25) is 0 Å². The van der Waals surface area contributed by atoms with Crippen LogP contribution in [0.3, 0.4) is 0 Å². The minimum atomic E-state index is -0.199. The summed E-state index contributed by atoms with van der Waals surface area (Å²) < 4.78 is 13.3. The molecule has 2 nitrogen and oxygen atoms in total. The Labute approximate surface area is 125 Å². The molecular formula is C18H21FN2. The molecule has 1 N–H and O–H groups in total. The second-order valence-corrected chi connectivity index (χ2v) is 5.80. The highest BCUT2D eigenvalue weighted by Crippen LogP contribution is 2.27. The van der Waals surface area contributed by atoms with Crippen LogP contribution in [-0.4, -0.2) is 13.6 Å². The number of fused-ring (bicyclic) bond motifs is 1. The Balaban J connectivity index is 1.75. The molecule has 0 bridgehead atoms. The second kappa shape index (κ2) is 5.76. The van der Waals surface area contributed by atoms with Gasteiger partial charge in [-0.25, -0.2) is 4.39 Å². The summed E-state index contributed by atoms with van der Waals surface area (Å²) in [5.41, 5.74) is 5.93. The Hall–Kier alpha value is -2.03. The molecule has 1 aliphatic rings. The summed E-state index contributed by atoms with van der Waals surface area (Å²) in [4.78, 5) is 2.31. The minimum absolute atomic E-state index is 0.199. The molecular weight excluding hydrogens is 263 g/mol. The van der Waals surface area contributed by atoms with E-state index in [1.807, 2.05) is 6.92 Å². The van der Waals surface area contributed by atoms with E-state index in [1.54, 1.807) is 12.1 Å². The van der Waals surface area contributed by atoms with Gasteiger partial charge in [0.05, 0.1) is 0 Å². The van der Waals surface area contributed by atoms with Gasteiger partial charge in [0.25, 0.3) is 0 Å². The molecule has 2 aromatic carbocycles. The largest absolute Gasteiger partial charge is 0.381 e. The lowest BCUT2D eigenvalue weighted by molar-refractivity contribution is 0.628. The van der Waals surface area contributed by atoms with Crippen molar-refractivity contribution >= 4 is 11.4 Å². The Morgan fingerprint density at radius 3 is 2.90 bits per heavy atom. The number of hydrogen-bond acceptors (Lipinski definition) is 2. The van der Waals surface area contributed by atoms with E-state index in [-0.39, 0.29) is 5.82 Å². The first-order valence-electron chi connectivity index (χ1n) is 7.46. The maximum Gasteiger partial charge on any atom is 0.125 e. The summed E-state index contributed by atoms with van der Waals surface area (Å²) in [5, 5.41) is 3.33. The number of halogens is 1. The lowest BCUT2D eigenvalue weighted by Crippen LogP contribution is -2.24. The van der Waals surface area contributed by atoms with Crippen LogP contribution in [0.4, 0.5) is 15.8 Å². The minimum Gasteiger partial charge on any atom is -0.381 e. The number of anilines is 2. The average molecular weight is 284 g/mol. The van der Waals surface area contributed by atoms with E-state index in [2.05, 4.69) is 35.5 Å². The molecule has 0 radical (unpaired) electrons. The van der Waals surface area contributed by atoms with Gasteiger partial charge in [0.2, 0.25) is 0 Å². The molecule has 0 saturated carbocycles. The third-order valence-corrected chi connectivity index (χ3v) is 4.18. The van der Waals surface area contributed by atoms with Crippen molar-refractivity contribution in [1.82, 2.24) is 0 Å². The van der Waals surface area contributed by atoms with E-state index in [1.165, 1.54) is 29.3 Å². The third-order valence-electron chi connectivity index (χ3n) is 4.18. The number of hydrogen-bond donors (Lipinski definition) is 1. The van der Waals surface area contributed by atoms with Gasteiger partial charge in [0, 0.05) is 31.5 Å². The molecule has 0 aromatic heterocycles. The Bertz CT molecular complexity index is 652. The first-order chi connectivity index (χ1) is 10.1. The fourth-order valence-electron chi connectivity index (χ4n) is 2.93.